The summed E-state index contributed by atoms with van der Waals surface area (Å²) in [4.78, 5) is 10.2. The molecule has 0 spiro atoms. The summed E-state index contributed by atoms with van der Waals surface area (Å²) in [5, 5.41) is 12.0. The van der Waals surface area contributed by atoms with Crippen LogP contribution in [0.4, 0.5) is 0 Å². The summed E-state index contributed by atoms with van der Waals surface area (Å²) in [5.74, 6) is 0. The fourth-order valence-electron chi connectivity index (χ4n) is 8.28. The van der Waals surface area contributed by atoms with Gasteiger partial charge in [0.1, 0.15) is 0 Å². The molecule has 0 N–H and O–H groups in total. The second-order valence-corrected chi connectivity index (χ2v) is 13.4. The average Bonchev–Trinajstić information content (AvgIpc) is 3.54. The number of pyridine rings is 2. The Hall–Kier alpha value is -6.84. The van der Waals surface area contributed by atoms with Crippen molar-refractivity contribution in [2.24, 2.45) is 0 Å². The van der Waals surface area contributed by atoms with Gasteiger partial charge < -0.3 is 4.57 Å². The minimum Gasteiger partial charge on any atom is -0.309 e. The molecule has 0 aliphatic carbocycles. The summed E-state index contributed by atoms with van der Waals surface area (Å²) in [7, 11) is 0. The van der Waals surface area contributed by atoms with Gasteiger partial charge in [-0.2, -0.15) is 0 Å². The standard InChI is InChI=1S/C48H29N3/c1-2-11-30(12-3-1)33-23-25-45-40(27-33)38-17-8-9-19-44(38)51(45)34-28-41-37-16-5-4-14-35(37)36-15-6-7-18-39(36)46(41)42(29-34)43-24-22-32-21-20-31-13-10-26-49-47(31)48(32)50-43/h1-29H. The minimum atomic E-state index is 0.916. The molecule has 3 heteroatoms. The third kappa shape index (κ3) is 4.19. The Morgan fingerprint density at radius 3 is 1.86 bits per heavy atom. The van der Waals surface area contributed by atoms with Crippen LogP contribution in [0, 0.1) is 0 Å². The largest absolute Gasteiger partial charge is 0.309 e. The van der Waals surface area contributed by atoms with E-state index in [1.54, 1.807) is 0 Å². The van der Waals surface area contributed by atoms with Gasteiger partial charge in [-0.05, 0) is 85.9 Å². The number of benzene rings is 8. The Morgan fingerprint density at radius 1 is 0.392 bits per heavy atom. The first kappa shape index (κ1) is 28.0. The van der Waals surface area contributed by atoms with Gasteiger partial charge >= 0.3 is 0 Å². The number of hydrogen-bond acceptors (Lipinski definition) is 2. The van der Waals surface area contributed by atoms with Crippen molar-refractivity contribution in [3.8, 4) is 28.1 Å². The first-order chi connectivity index (χ1) is 25.3. The molecule has 0 atom stereocenters. The molecule has 0 fully saturated rings. The quantitative estimate of drug-likeness (QED) is 0.179. The second kappa shape index (κ2) is 10.8. The zero-order valence-corrected chi connectivity index (χ0v) is 27.6. The van der Waals surface area contributed by atoms with Crippen LogP contribution in [-0.4, -0.2) is 14.5 Å². The van der Waals surface area contributed by atoms with Crippen LogP contribution in [0.1, 0.15) is 0 Å². The third-order valence-electron chi connectivity index (χ3n) is 10.6. The van der Waals surface area contributed by atoms with E-state index in [1.807, 2.05) is 12.3 Å². The smallest absolute Gasteiger partial charge is 0.0972 e. The number of hydrogen-bond donors (Lipinski definition) is 0. The van der Waals surface area contributed by atoms with Crippen molar-refractivity contribution in [2.75, 3.05) is 0 Å². The molecular weight excluding hydrogens is 619 g/mol. The first-order valence-corrected chi connectivity index (χ1v) is 17.4. The minimum absolute atomic E-state index is 0.916. The molecule has 3 nitrogen and oxygen atoms in total. The van der Waals surface area contributed by atoms with Crippen molar-refractivity contribution >= 4 is 75.9 Å². The molecule has 0 aliphatic rings. The molecule has 8 aromatic carbocycles. The maximum atomic E-state index is 5.43. The zero-order valence-electron chi connectivity index (χ0n) is 27.6. The van der Waals surface area contributed by atoms with Crippen LogP contribution in [-0.2, 0) is 0 Å². The van der Waals surface area contributed by atoms with Crippen LogP contribution >= 0.6 is 0 Å². The van der Waals surface area contributed by atoms with Crippen molar-refractivity contribution in [1.82, 2.24) is 14.5 Å². The molecule has 11 rings (SSSR count). The zero-order chi connectivity index (χ0) is 33.5. The third-order valence-corrected chi connectivity index (χ3v) is 10.6. The molecule has 3 aromatic heterocycles. The summed E-state index contributed by atoms with van der Waals surface area (Å²) < 4.78 is 2.43. The van der Waals surface area contributed by atoms with E-state index in [2.05, 4.69) is 168 Å². The van der Waals surface area contributed by atoms with E-state index in [1.165, 1.54) is 65.3 Å². The van der Waals surface area contributed by atoms with Crippen molar-refractivity contribution in [3.05, 3.63) is 176 Å². The van der Waals surface area contributed by atoms with Gasteiger partial charge in [0.15, 0.2) is 0 Å². The van der Waals surface area contributed by atoms with Gasteiger partial charge in [0.2, 0.25) is 0 Å². The summed E-state index contributed by atoms with van der Waals surface area (Å²) >= 11 is 0. The molecule has 0 amide bonds. The molecule has 11 aromatic rings. The van der Waals surface area contributed by atoms with E-state index in [0.717, 1.165) is 38.8 Å². The van der Waals surface area contributed by atoms with Gasteiger partial charge in [-0.3, -0.25) is 4.98 Å². The summed E-state index contributed by atoms with van der Waals surface area (Å²) in [6.45, 7) is 0. The lowest BCUT2D eigenvalue weighted by Gasteiger charge is -2.18. The molecule has 0 radical (unpaired) electrons. The number of para-hydroxylation sites is 1. The highest BCUT2D eigenvalue weighted by Gasteiger charge is 2.19. The van der Waals surface area contributed by atoms with Crippen molar-refractivity contribution in [1.29, 1.82) is 0 Å². The number of fused-ring (bicyclic) bond motifs is 12. The SMILES string of the molecule is c1ccc(-c2ccc3c(c2)c2ccccc2n3-c2cc(-c3ccc4ccc5cccnc5c4n3)c3c4ccccc4c4ccccc4c3c2)cc1. The Bertz CT molecular complexity index is 3190. The van der Waals surface area contributed by atoms with E-state index in [-0.39, 0.29) is 0 Å². The predicted molar refractivity (Wildman–Crippen MR) is 215 cm³/mol. The summed E-state index contributed by atoms with van der Waals surface area (Å²) in [6.07, 6.45) is 1.86. The van der Waals surface area contributed by atoms with E-state index in [4.69, 9.17) is 9.97 Å². The van der Waals surface area contributed by atoms with Gasteiger partial charge in [-0.15, -0.1) is 0 Å². The molecule has 3 heterocycles. The molecule has 0 bridgehead atoms. The van der Waals surface area contributed by atoms with Gasteiger partial charge in [0.25, 0.3) is 0 Å². The Balaban J connectivity index is 1.29. The van der Waals surface area contributed by atoms with E-state index in [9.17, 15) is 0 Å². The molecule has 0 unspecified atom stereocenters. The Labute approximate surface area is 293 Å². The number of aromatic nitrogens is 3. The van der Waals surface area contributed by atoms with Crippen LogP contribution in [0.25, 0.3) is 104 Å². The second-order valence-electron chi connectivity index (χ2n) is 13.4. The topological polar surface area (TPSA) is 30.7 Å². The molecular formula is C48H29N3. The van der Waals surface area contributed by atoms with Crippen LogP contribution in [0.15, 0.2) is 176 Å². The van der Waals surface area contributed by atoms with Crippen LogP contribution in [0.2, 0.25) is 0 Å². The van der Waals surface area contributed by atoms with Crippen LogP contribution < -0.4 is 0 Å². The highest BCUT2D eigenvalue weighted by molar-refractivity contribution is 6.29. The van der Waals surface area contributed by atoms with E-state index < -0.39 is 0 Å². The Kier molecular flexibility index (Phi) is 5.96. The predicted octanol–water partition coefficient (Wildman–Crippen LogP) is 12.7. The normalized spacial score (nSPS) is 11.9. The highest BCUT2D eigenvalue weighted by atomic mass is 15.0. The van der Waals surface area contributed by atoms with Gasteiger partial charge in [-0.1, -0.05) is 127 Å². The summed E-state index contributed by atoms with van der Waals surface area (Å²) in [6, 6.07) is 61.4. The summed E-state index contributed by atoms with van der Waals surface area (Å²) in [5.41, 5.74) is 9.75. The average molecular weight is 648 g/mol. The number of rotatable bonds is 3. The Morgan fingerprint density at radius 2 is 1.04 bits per heavy atom. The first-order valence-electron chi connectivity index (χ1n) is 17.4. The van der Waals surface area contributed by atoms with Crippen LogP contribution in [0.5, 0.6) is 0 Å². The van der Waals surface area contributed by atoms with Crippen LogP contribution in [0.3, 0.4) is 0 Å². The fourth-order valence-corrected chi connectivity index (χ4v) is 8.28. The molecule has 0 aliphatic heterocycles. The lowest BCUT2D eigenvalue weighted by atomic mass is 9.90. The van der Waals surface area contributed by atoms with Gasteiger partial charge in [0.05, 0.1) is 27.8 Å². The molecule has 0 saturated carbocycles. The lowest BCUT2D eigenvalue weighted by molar-refractivity contribution is 1.19. The monoisotopic (exact) mass is 647 g/mol. The molecule has 51 heavy (non-hydrogen) atoms. The van der Waals surface area contributed by atoms with E-state index in [0.29, 0.717) is 0 Å². The van der Waals surface area contributed by atoms with Crippen molar-refractivity contribution in [3.63, 3.8) is 0 Å². The van der Waals surface area contributed by atoms with Crippen molar-refractivity contribution in [2.45, 2.75) is 0 Å². The van der Waals surface area contributed by atoms with E-state index >= 15 is 0 Å². The lowest BCUT2D eigenvalue weighted by Crippen LogP contribution is -1.98. The van der Waals surface area contributed by atoms with Gasteiger partial charge in [-0.25, -0.2) is 4.98 Å². The highest BCUT2D eigenvalue weighted by Crippen LogP contribution is 2.43. The molecule has 0 saturated heterocycles. The van der Waals surface area contributed by atoms with Crippen molar-refractivity contribution < 1.29 is 0 Å². The molecule has 236 valence electrons. The maximum absolute atomic E-state index is 5.43. The number of nitrogens with zero attached hydrogens (tertiary/aromatic N) is 3. The fraction of sp³-hybridized carbons (Fsp3) is 0. The van der Waals surface area contributed by atoms with Gasteiger partial charge in [0, 0.05) is 39.0 Å². The maximum Gasteiger partial charge on any atom is 0.0972 e.